The molecule has 2 amide bonds. The largest absolute Gasteiger partial charge is 0.381 e. The van der Waals surface area contributed by atoms with Crippen molar-refractivity contribution in [2.24, 2.45) is 0 Å². The molecule has 3 rings (SSSR count). The van der Waals surface area contributed by atoms with E-state index >= 15 is 0 Å². The predicted octanol–water partition coefficient (Wildman–Crippen LogP) is 4.99. The molecule has 156 valence electrons. The Balaban J connectivity index is 1.60. The second-order valence-electron chi connectivity index (χ2n) is 7.31. The summed E-state index contributed by atoms with van der Waals surface area (Å²) < 4.78 is 18.0. The van der Waals surface area contributed by atoms with E-state index in [0.29, 0.717) is 29.7 Å². The molecule has 2 atom stereocenters. The van der Waals surface area contributed by atoms with Crippen molar-refractivity contribution in [3.05, 3.63) is 64.7 Å². The minimum Gasteiger partial charge on any atom is -0.381 e. The van der Waals surface area contributed by atoms with Crippen molar-refractivity contribution in [3.63, 3.8) is 0 Å². The number of hydrogen-bond donors (Lipinski definition) is 1. The average molecular weight is 435 g/mol. The number of benzene rings is 2. The Morgan fingerprint density at radius 1 is 1.24 bits per heavy atom. The third-order valence-electron chi connectivity index (χ3n) is 5.28. The number of halogens is 1. The van der Waals surface area contributed by atoms with Crippen LogP contribution in [0.4, 0.5) is 10.5 Å². The van der Waals surface area contributed by atoms with Crippen LogP contribution in [0.5, 0.6) is 0 Å². The number of anilines is 1. The lowest BCUT2D eigenvalue weighted by atomic mass is 10.1. The van der Waals surface area contributed by atoms with Crippen LogP contribution in [-0.4, -0.2) is 40.7 Å². The maximum absolute atomic E-state index is 12.7. The SMILES string of the molecule is C[C@H](c1ccc(Cl)cc1)N(C)C(=O)Nc1cccc(C[S@@](=O)C2CCOCC2)c1. The molecule has 0 aromatic heterocycles. The highest BCUT2D eigenvalue weighted by Crippen LogP contribution is 2.23. The standard InChI is InChI=1S/C22H27ClN2O3S/c1-16(18-6-8-19(23)9-7-18)25(2)22(26)24-20-5-3-4-17(14-20)15-29(27)21-10-12-28-13-11-21/h3-9,14,16,21H,10-13,15H2,1-2H3,(H,24,26)/t16-,29-/m1/s1. The smallest absolute Gasteiger partial charge is 0.322 e. The molecule has 1 fully saturated rings. The van der Waals surface area contributed by atoms with E-state index in [1.807, 2.05) is 55.5 Å². The van der Waals surface area contributed by atoms with Crippen molar-refractivity contribution in [2.75, 3.05) is 25.6 Å². The zero-order chi connectivity index (χ0) is 20.8. The zero-order valence-corrected chi connectivity index (χ0v) is 18.3. The van der Waals surface area contributed by atoms with Crippen molar-refractivity contribution >= 4 is 34.1 Å². The molecule has 0 aliphatic carbocycles. The monoisotopic (exact) mass is 434 g/mol. The summed E-state index contributed by atoms with van der Waals surface area (Å²) in [6, 6.07) is 14.8. The maximum Gasteiger partial charge on any atom is 0.322 e. The van der Waals surface area contributed by atoms with E-state index in [4.69, 9.17) is 16.3 Å². The third kappa shape index (κ3) is 6.04. The molecule has 0 spiro atoms. The lowest BCUT2D eigenvalue weighted by Crippen LogP contribution is -2.33. The molecule has 1 saturated heterocycles. The van der Waals surface area contributed by atoms with Gasteiger partial charge in [-0.2, -0.15) is 0 Å². The van der Waals surface area contributed by atoms with E-state index in [1.165, 1.54) is 0 Å². The number of carbonyl (C=O) groups is 1. The van der Waals surface area contributed by atoms with Gasteiger partial charge in [0.15, 0.2) is 0 Å². The molecule has 0 saturated carbocycles. The van der Waals surface area contributed by atoms with Crippen LogP contribution in [0.3, 0.4) is 0 Å². The first-order valence-electron chi connectivity index (χ1n) is 9.77. The van der Waals surface area contributed by atoms with Crippen LogP contribution in [-0.2, 0) is 21.3 Å². The molecule has 1 heterocycles. The lowest BCUT2D eigenvalue weighted by molar-refractivity contribution is 0.0992. The summed E-state index contributed by atoms with van der Waals surface area (Å²) in [4.78, 5) is 14.3. The first-order chi connectivity index (χ1) is 13.9. The van der Waals surface area contributed by atoms with Crippen molar-refractivity contribution < 1.29 is 13.7 Å². The zero-order valence-electron chi connectivity index (χ0n) is 16.8. The highest BCUT2D eigenvalue weighted by Gasteiger charge is 2.21. The van der Waals surface area contributed by atoms with Gasteiger partial charge >= 0.3 is 6.03 Å². The van der Waals surface area contributed by atoms with Crippen LogP contribution in [0.15, 0.2) is 48.5 Å². The minimum atomic E-state index is -0.935. The molecule has 29 heavy (non-hydrogen) atoms. The van der Waals surface area contributed by atoms with Gasteiger partial charge in [0, 0.05) is 52.8 Å². The number of nitrogens with zero attached hydrogens (tertiary/aromatic N) is 1. The molecule has 2 aromatic carbocycles. The lowest BCUT2D eigenvalue weighted by Gasteiger charge is -2.26. The molecule has 2 aromatic rings. The Morgan fingerprint density at radius 3 is 2.62 bits per heavy atom. The van der Waals surface area contributed by atoms with Crippen LogP contribution >= 0.6 is 11.6 Å². The Bertz CT molecular complexity index is 853. The third-order valence-corrected chi connectivity index (χ3v) is 7.37. The van der Waals surface area contributed by atoms with Crippen molar-refractivity contribution in [1.82, 2.24) is 4.90 Å². The second-order valence-corrected chi connectivity index (χ2v) is 9.46. The number of hydrogen-bond acceptors (Lipinski definition) is 3. The van der Waals surface area contributed by atoms with Gasteiger partial charge in [0.05, 0.1) is 6.04 Å². The summed E-state index contributed by atoms with van der Waals surface area (Å²) in [5.41, 5.74) is 2.67. The first kappa shape index (κ1) is 21.8. The minimum absolute atomic E-state index is 0.100. The molecular weight excluding hydrogens is 408 g/mol. The van der Waals surface area contributed by atoms with E-state index < -0.39 is 10.8 Å². The molecule has 0 unspecified atom stereocenters. The van der Waals surface area contributed by atoms with Crippen LogP contribution in [0.1, 0.15) is 36.9 Å². The highest BCUT2D eigenvalue weighted by molar-refractivity contribution is 7.84. The van der Waals surface area contributed by atoms with E-state index in [9.17, 15) is 9.00 Å². The second kappa shape index (κ2) is 10.2. The van der Waals surface area contributed by atoms with Gasteiger partial charge in [0.2, 0.25) is 0 Å². The molecule has 0 radical (unpaired) electrons. The van der Waals surface area contributed by atoms with Gasteiger partial charge in [0.1, 0.15) is 0 Å². The Hall–Kier alpha value is -1.89. The summed E-state index contributed by atoms with van der Waals surface area (Å²) in [6.07, 6.45) is 1.69. The Morgan fingerprint density at radius 2 is 1.93 bits per heavy atom. The number of amides is 2. The van der Waals surface area contributed by atoms with Gasteiger partial charge < -0.3 is 15.0 Å². The highest BCUT2D eigenvalue weighted by atomic mass is 35.5. The summed E-state index contributed by atoms with van der Waals surface area (Å²) >= 11 is 5.95. The van der Waals surface area contributed by atoms with Crippen LogP contribution in [0.2, 0.25) is 5.02 Å². The van der Waals surface area contributed by atoms with Crippen molar-refractivity contribution in [1.29, 1.82) is 0 Å². The van der Waals surface area contributed by atoms with Crippen LogP contribution in [0, 0.1) is 0 Å². The van der Waals surface area contributed by atoms with Gasteiger partial charge in [0.25, 0.3) is 0 Å². The van der Waals surface area contributed by atoms with E-state index in [0.717, 1.165) is 24.0 Å². The van der Waals surface area contributed by atoms with Crippen molar-refractivity contribution in [3.8, 4) is 0 Å². The molecule has 1 N–H and O–H groups in total. The first-order valence-corrected chi connectivity index (χ1v) is 11.5. The number of urea groups is 1. The number of rotatable bonds is 6. The quantitative estimate of drug-likeness (QED) is 0.696. The normalized spacial score (nSPS) is 16.8. The average Bonchev–Trinajstić information content (AvgIpc) is 2.74. The van der Waals surface area contributed by atoms with Gasteiger partial charge in [-0.25, -0.2) is 4.79 Å². The van der Waals surface area contributed by atoms with E-state index in [-0.39, 0.29) is 17.3 Å². The fourth-order valence-electron chi connectivity index (χ4n) is 3.31. The van der Waals surface area contributed by atoms with E-state index in [2.05, 4.69) is 5.32 Å². The topological polar surface area (TPSA) is 58.6 Å². The number of ether oxygens (including phenoxy) is 1. The Kier molecular flexibility index (Phi) is 7.70. The maximum atomic E-state index is 12.7. The van der Waals surface area contributed by atoms with Crippen LogP contribution in [0.25, 0.3) is 0 Å². The van der Waals surface area contributed by atoms with Gasteiger partial charge in [-0.05, 0) is 55.2 Å². The fraction of sp³-hybridized carbons (Fsp3) is 0.409. The van der Waals surface area contributed by atoms with Gasteiger partial charge in [-0.1, -0.05) is 35.9 Å². The molecule has 0 bridgehead atoms. The summed E-state index contributed by atoms with van der Waals surface area (Å²) in [6.45, 7) is 3.34. The summed E-state index contributed by atoms with van der Waals surface area (Å²) in [5.74, 6) is 0.491. The number of carbonyl (C=O) groups excluding carboxylic acids is 1. The predicted molar refractivity (Wildman–Crippen MR) is 119 cm³/mol. The van der Waals surface area contributed by atoms with E-state index in [1.54, 1.807) is 11.9 Å². The van der Waals surface area contributed by atoms with Gasteiger partial charge in [-0.15, -0.1) is 0 Å². The summed E-state index contributed by atoms with van der Waals surface area (Å²) in [5, 5.41) is 3.80. The molecule has 7 heteroatoms. The number of nitrogens with one attached hydrogen (secondary N) is 1. The summed E-state index contributed by atoms with van der Waals surface area (Å²) in [7, 11) is 0.827. The molecule has 5 nitrogen and oxygen atoms in total. The molecular formula is C22H27ClN2O3S. The Labute approximate surface area is 179 Å². The fourth-order valence-corrected chi connectivity index (χ4v) is 4.90. The van der Waals surface area contributed by atoms with Gasteiger partial charge in [-0.3, -0.25) is 4.21 Å². The van der Waals surface area contributed by atoms with Crippen molar-refractivity contribution in [2.45, 2.75) is 36.8 Å². The molecule has 1 aliphatic rings. The van der Waals surface area contributed by atoms with Crippen LogP contribution < -0.4 is 5.32 Å². The molecule has 1 aliphatic heterocycles.